The van der Waals surface area contributed by atoms with Crippen molar-refractivity contribution in [3.05, 3.63) is 16.1 Å². The summed E-state index contributed by atoms with van der Waals surface area (Å²) in [6.07, 6.45) is -0.858. The number of fused-ring (bicyclic) bond motifs is 1. The lowest BCUT2D eigenvalue weighted by atomic mass is 10.2. The Morgan fingerprint density at radius 2 is 2.00 bits per heavy atom. The molecular formula is C9H9Cl2N3O2S. The van der Waals surface area contributed by atoms with Gasteiger partial charge in [-0.15, -0.1) is 0 Å². The first kappa shape index (κ1) is 12.8. The van der Waals surface area contributed by atoms with Gasteiger partial charge in [-0.25, -0.2) is 0 Å². The molecule has 3 N–H and O–H groups in total. The highest BCUT2D eigenvalue weighted by molar-refractivity contribution is 7.00. The standard InChI is InChI=1S/C9H9Cl2N3O2S/c10-5-1-6(11)8-9(14-17-13-8)7(5)12-2-4(16)3-15/h1,4,12,15-16H,2-3H2. The molecule has 0 radical (unpaired) electrons. The van der Waals surface area contributed by atoms with Crippen molar-refractivity contribution in [2.45, 2.75) is 6.10 Å². The van der Waals surface area contributed by atoms with Crippen molar-refractivity contribution in [2.24, 2.45) is 0 Å². The first-order valence-electron chi connectivity index (χ1n) is 4.76. The summed E-state index contributed by atoms with van der Waals surface area (Å²) in [5.41, 5.74) is 1.70. The lowest BCUT2D eigenvalue weighted by Crippen LogP contribution is -2.23. The fourth-order valence-electron chi connectivity index (χ4n) is 1.33. The normalized spacial score (nSPS) is 12.9. The average Bonchev–Trinajstić information content (AvgIpc) is 2.77. The fraction of sp³-hybridized carbons (Fsp3) is 0.333. The Morgan fingerprint density at radius 3 is 2.71 bits per heavy atom. The molecule has 1 heterocycles. The number of nitrogens with zero attached hydrogens (tertiary/aromatic N) is 2. The molecule has 8 heteroatoms. The van der Waals surface area contributed by atoms with Gasteiger partial charge < -0.3 is 15.5 Å². The zero-order valence-corrected chi connectivity index (χ0v) is 10.9. The molecule has 5 nitrogen and oxygen atoms in total. The number of hydrogen-bond donors (Lipinski definition) is 3. The van der Waals surface area contributed by atoms with Gasteiger partial charge in [-0.05, 0) is 6.07 Å². The van der Waals surface area contributed by atoms with Crippen LogP contribution < -0.4 is 5.32 Å². The number of aliphatic hydroxyl groups is 2. The van der Waals surface area contributed by atoms with Crippen LogP contribution >= 0.6 is 34.9 Å². The molecule has 1 unspecified atom stereocenters. The van der Waals surface area contributed by atoms with Crippen molar-refractivity contribution >= 4 is 51.7 Å². The molecule has 0 bridgehead atoms. The molecule has 2 rings (SSSR count). The van der Waals surface area contributed by atoms with E-state index in [1.54, 1.807) is 6.07 Å². The second-order valence-corrected chi connectivity index (χ2v) is 4.74. The molecule has 0 fully saturated rings. The van der Waals surface area contributed by atoms with Gasteiger partial charge in [0.1, 0.15) is 11.0 Å². The van der Waals surface area contributed by atoms with E-state index in [0.717, 1.165) is 11.7 Å². The number of hydrogen-bond acceptors (Lipinski definition) is 6. The van der Waals surface area contributed by atoms with Crippen molar-refractivity contribution in [3.63, 3.8) is 0 Å². The summed E-state index contributed by atoms with van der Waals surface area (Å²) in [6.45, 7) is -0.152. The second kappa shape index (κ2) is 5.32. The van der Waals surface area contributed by atoms with E-state index >= 15 is 0 Å². The van der Waals surface area contributed by atoms with Crippen LogP contribution in [0.25, 0.3) is 11.0 Å². The number of aromatic nitrogens is 2. The second-order valence-electron chi connectivity index (χ2n) is 3.39. The van der Waals surface area contributed by atoms with Crippen molar-refractivity contribution in [2.75, 3.05) is 18.5 Å². The Bertz CT molecular complexity index is 534. The van der Waals surface area contributed by atoms with Crippen LogP contribution in [0.1, 0.15) is 0 Å². The fourth-order valence-corrected chi connectivity index (χ4v) is 2.51. The molecule has 17 heavy (non-hydrogen) atoms. The first-order chi connectivity index (χ1) is 8.13. The largest absolute Gasteiger partial charge is 0.394 e. The van der Waals surface area contributed by atoms with E-state index < -0.39 is 6.10 Å². The predicted molar refractivity (Wildman–Crippen MR) is 69.0 cm³/mol. The number of anilines is 1. The van der Waals surface area contributed by atoms with Crippen LogP contribution in [-0.2, 0) is 0 Å². The maximum Gasteiger partial charge on any atom is 0.130 e. The van der Waals surface area contributed by atoms with Crippen LogP contribution in [0.2, 0.25) is 10.0 Å². The zero-order valence-electron chi connectivity index (χ0n) is 8.52. The number of nitrogens with one attached hydrogen (secondary N) is 1. The zero-order chi connectivity index (χ0) is 12.4. The summed E-state index contributed by atoms with van der Waals surface area (Å²) in [5, 5.41) is 21.8. The van der Waals surface area contributed by atoms with Gasteiger partial charge in [0, 0.05) is 6.54 Å². The molecule has 0 saturated carbocycles. The maximum absolute atomic E-state index is 9.27. The maximum atomic E-state index is 9.27. The number of rotatable bonds is 4. The first-order valence-corrected chi connectivity index (χ1v) is 6.25. The summed E-state index contributed by atoms with van der Waals surface area (Å²) in [7, 11) is 0. The Morgan fingerprint density at radius 1 is 1.29 bits per heavy atom. The molecule has 0 amide bonds. The van der Waals surface area contributed by atoms with E-state index in [4.69, 9.17) is 28.3 Å². The molecule has 2 aromatic rings. The summed E-state index contributed by atoms with van der Waals surface area (Å²) in [4.78, 5) is 0. The molecule has 1 aromatic heterocycles. The van der Waals surface area contributed by atoms with E-state index in [1.165, 1.54) is 0 Å². The van der Waals surface area contributed by atoms with Crippen molar-refractivity contribution in [1.82, 2.24) is 8.75 Å². The monoisotopic (exact) mass is 293 g/mol. The third-order valence-electron chi connectivity index (χ3n) is 2.17. The molecule has 1 aromatic carbocycles. The minimum absolute atomic E-state index is 0.171. The molecule has 0 saturated heterocycles. The number of aliphatic hydroxyl groups excluding tert-OH is 2. The van der Waals surface area contributed by atoms with Crippen LogP contribution in [0.4, 0.5) is 5.69 Å². The summed E-state index contributed by atoms with van der Waals surface area (Å²) < 4.78 is 8.15. The van der Waals surface area contributed by atoms with E-state index in [9.17, 15) is 5.11 Å². The van der Waals surface area contributed by atoms with E-state index in [-0.39, 0.29) is 13.2 Å². The van der Waals surface area contributed by atoms with Crippen LogP contribution in [0.15, 0.2) is 6.07 Å². The summed E-state index contributed by atoms with van der Waals surface area (Å²) in [5.74, 6) is 0. The van der Waals surface area contributed by atoms with Crippen LogP contribution in [0, 0.1) is 0 Å². The van der Waals surface area contributed by atoms with Gasteiger partial charge in [0.05, 0.1) is 40.2 Å². The minimum atomic E-state index is -0.858. The summed E-state index contributed by atoms with van der Waals surface area (Å²) in [6, 6.07) is 1.57. The van der Waals surface area contributed by atoms with Gasteiger partial charge in [0.15, 0.2) is 0 Å². The van der Waals surface area contributed by atoms with Gasteiger partial charge in [-0.3, -0.25) is 0 Å². The van der Waals surface area contributed by atoms with Gasteiger partial charge in [-0.1, -0.05) is 23.2 Å². The molecule has 0 aliphatic rings. The highest BCUT2D eigenvalue weighted by atomic mass is 35.5. The smallest absolute Gasteiger partial charge is 0.130 e. The van der Waals surface area contributed by atoms with Gasteiger partial charge in [0.25, 0.3) is 0 Å². The third kappa shape index (κ3) is 2.61. The Kier molecular flexibility index (Phi) is 4.01. The summed E-state index contributed by atoms with van der Waals surface area (Å²) >= 11 is 13.0. The lowest BCUT2D eigenvalue weighted by molar-refractivity contribution is 0.105. The highest BCUT2D eigenvalue weighted by Crippen LogP contribution is 2.35. The van der Waals surface area contributed by atoms with Crippen LogP contribution in [0.3, 0.4) is 0 Å². The van der Waals surface area contributed by atoms with Crippen LogP contribution in [0.5, 0.6) is 0 Å². The Labute approximate surface area is 111 Å². The number of benzene rings is 1. The molecule has 1 atom stereocenters. The SMILES string of the molecule is OCC(O)CNc1c(Cl)cc(Cl)c2nsnc12. The topological polar surface area (TPSA) is 78.3 Å². The predicted octanol–water partition coefficient (Wildman–Crippen LogP) is 1.76. The molecule has 0 aliphatic heterocycles. The van der Waals surface area contributed by atoms with Crippen LogP contribution in [-0.4, -0.2) is 38.2 Å². The van der Waals surface area contributed by atoms with Gasteiger partial charge >= 0.3 is 0 Å². The third-order valence-corrected chi connectivity index (χ3v) is 3.28. The Balaban J connectivity index is 2.35. The molecule has 0 aliphatic carbocycles. The van der Waals surface area contributed by atoms with Crippen molar-refractivity contribution in [1.29, 1.82) is 0 Å². The van der Waals surface area contributed by atoms with E-state index in [0.29, 0.717) is 26.8 Å². The van der Waals surface area contributed by atoms with E-state index in [2.05, 4.69) is 14.1 Å². The average molecular weight is 294 g/mol. The van der Waals surface area contributed by atoms with Crippen molar-refractivity contribution < 1.29 is 10.2 Å². The quantitative estimate of drug-likeness (QED) is 0.801. The van der Waals surface area contributed by atoms with Gasteiger partial charge in [-0.2, -0.15) is 8.75 Å². The van der Waals surface area contributed by atoms with E-state index in [1.807, 2.05) is 0 Å². The molecule has 92 valence electrons. The van der Waals surface area contributed by atoms with Crippen molar-refractivity contribution in [3.8, 4) is 0 Å². The van der Waals surface area contributed by atoms with Gasteiger partial charge in [0.2, 0.25) is 0 Å². The minimum Gasteiger partial charge on any atom is -0.394 e. The lowest BCUT2D eigenvalue weighted by Gasteiger charge is -2.12. The Hall–Kier alpha value is -0.660. The molecule has 0 spiro atoms. The number of halogens is 2. The molecular weight excluding hydrogens is 285 g/mol. The highest BCUT2D eigenvalue weighted by Gasteiger charge is 2.14.